The van der Waals surface area contributed by atoms with Crippen LogP contribution in [0.1, 0.15) is 152 Å². The van der Waals surface area contributed by atoms with Crippen LogP contribution in [0.4, 0.5) is 32.1 Å². The van der Waals surface area contributed by atoms with Crippen LogP contribution in [0.2, 0.25) is 0 Å². The molecule has 5 N–H and O–H groups in total. The number of halogens is 2. The number of aryl methyl sites for hydroxylation is 2. The van der Waals surface area contributed by atoms with Gasteiger partial charge in [0.2, 0.25) is 35.3 Å². The molecule has 25 heteroatoms. The molecule has 6 heterocycles. The van der Waals surface area contributed by atoms with Crippen molar-refractivity contribution in [3.8, 4) is 22.8 Å². The number of aromatic nitrogens is 14. The first-order valence-electron chi connectivity index (χ1n) is 23.9. The van der Waals surface area contributed by atoms with Crippen LogP contribution in [0.3, 0.4) is 0 Å². The first kappa shape index (κ1) is 65.6. The molecule has 0 aliphatic carbocycles. The molecule has 0 saturated carbocycles. The second-order valence-corrected chi connectivity index (χ2v) is 18.4. The second kappa shape index (κ2) is 29.7. The number of benzene rings is 2. The topological polar surface area (TPSA) is 305 Å². The number of nitrogens with zero attached hydrogens (tertiary/aromatic N) is 14. The third-order valence-electron chi connectivity index (χ3n) is 10.4. The fraction of sp³-hybridized carbons (Fsp3) is 0.412. The van der Waals surface area contributed by atoms with Gasteiger partial charge in [-0.25, -0.2) is 33.7 Å². The number of nitrogens with two attached hydrogens (primary N) is 1. The quantitative estimate of drug-likeness (QED) is 0.0650. The Bertz CT molecular complexity index is 3110. The molecule has 0 bridgehead atoms. The predicted octanol–water partition coefficient (Wildman–Crippen LogP) is 6.71. The Morgan fingerprint density at radius 1 is 0.697 bits per heavy atom. The Kier molecular flexibility index (Phi) is 25.7. The number of rotatable bonds is 12. The van der Waals surface area contributed by atoms with E-state index in [0.717, 1.165) is 11.3 Å². The summed E-state index contributed by atoms with van der Waals surface area (Å²) >= 11 is 0. The van der Waals surface area contributed by atoms with Crippen molar-refractivity contribution in [3.05, 3.63) is 119 Å². The molecule has 2 aromatic carbocycles. The van der Waals surface area contributed by atoms with Gasteiger partial charge in [-0.1, -0.05) is 98.6 Å². The third kappa shape index (κ3) is 17.8. The van der Waals surface area contributed by atoms with Crippen LogP contribution in [0.25, 0.3) is 22.8 Å². The zero-order valence-corrected chi connectivity index (χ0v) is 49.4. The SMILES string of the molecule is CC.CC.CC(C)(C)c1nc([C-]=O)no1.Cc1c([C@@H](C)CC(=O)c2noc(C(C)(C)C)n2)ccc(-c2ncnc(Nc3cnn(C)c3)n2)c1F.Cc1c([C@@H](C)N)ccc(-c2ncnc(Nc3cnn(C)c3)n2)c1F.[K+].[OH-]. The number of Topliss-reactive ketones (excluding diaryl/α,β-unsaturated/α-hetero) is 1. The number of nitrogens with one attached hydrogen (secondary N) is 2. The van der Waals surface area contributed by atoms with Crippen molar-refractivity contribution in [2.24, 2.45) is 19.8 Å². The summed E-state index contributed by atoms with van der Waals surface area (Å²) in [6.07, 6.45) is 11.2. The van der Waals surface area contributed by atoms with Crippen molar-refractivity contribution in [2.45, 2.75) is 126 Å². The number of carbonyl (C=O) groups is 1. The van der Waals surface area contributed by atoms with Crippen molar-refractivity contribution in [3.63, 3.8) is 0 Å². The fourth-order valence-electron chi connectivity index (χ4n) is 6.67. The molecule has 0 radical (unpaired) electrons. The van der Waals surface area contributed by atoms with E-state index in [9.17, 15) is 14.0 Å². The minimum absolute atomic E-state index is 0. The van der Waals surface area contributed by atoms with Gasteiger partial charge >= 0.3 is 51.4 Å². The van der Waals surface area contributed by atoms with Crippen molar-refractivity contribution >= 4 is 35.3 Å². The van der Waals surface area contributed by atoms with E-state index in [2.05, 4.69) is 71.0 Å². The maximum atomic E-state index is 15.4. The van der Waals surface area contributed by atoms with E-state index < -0.39 is 5.82 Å². The predicted molar refractivity (Wildman–Crippen MR) is 278 cm³/mol. The molecule has 0 amide bonds. The van der Waals surface area contributed by atoms with E-state index in [1.165, 1.54) is 12.7 Å². The fourth-order valence-corrected chi connectivity index (χ4v) is 6.67. The number of ketones is 1. The molecule has 0 aliphatic heterocycles. The smallest absolute Gasteiger partial charge is 0.870 e. The summed E-state index contributed by atoms with van der Waals surface area (Å²) in [6.45, 7) is 26.6. The molecule has 6 aromatic heterocycles. The van der Waals surface area contributed by atoms with Crippen molar-refractivity contribution in [1.82, 2.24) is 69.7 Å². The molecule has 0 spiro atoms. The Balaban J connectivity index is 0.000000417. The number of hydrogen-bond donors (Lipinski definition) is 3. The molecule has 0 saturated heterocycles. The number of carbonyl (C=O) groups excluding carboxylic acids is 2. The molecule has 8 aromatic rings. The summed E-state index contributed by atoms with van der Waals surface area (Å²) in [5, 5.41) is 21.4. The van der Waals surface area contributed by atoms with E-state index in [1.54, 1.807) is 85.6 Å². The third-order valence-corrected chi connectivity index (χ3v) is 10.4. The van der Waals surface area contributed by atoms with Gasteiger partial charge in [-0.2, -0.15) is 31.4 Å². The second-order valence-electron chi connectivity index (χ2n) is 18.4. The van der Waals surface area contributed by atoms with Gasteiger partial charge in [0.1, 0.15) is 24.3 Å². The normalized spacial score (nSPS) is 11.5. The van der Waals surface area contributed by atoms with E-state index in [-0.39, 0.29) is 132 Å². The minimum atomic E-state index is -0.449. The molecule has 22 nitrogen and oxygen atoms in total. The van der Waals surface area contributed by atoms with Crippen molar-refractivity contribution in [1.29, 1.82) is 0 Å². The molecule has 8 rings (SSSR count). The average molecular weight is 1080 g/mol. The van der Waals surface area contributed by atoms with Gasteiger partial charge in [0.15, 0.2) is 11.6 Å². The van der Waals surface area contributed by atoms with Crippen LogP contribution in [0.15, 0.2) is 70.8 Å². The zero-order valence-electron chi connectivity index (χ0n) is 46.3. The van der Waals surface area contributed by atoms with E-state index in [4.69, 9.17) is 14.8 Å². The molecular formula is C51H67F2KN17O5-. The average Bonchev–Trinajstić information content (AvgIpc) is 4.21. The Hall–Kier alpha value is -6.48. The van der Waals surface area contributed by atoms with Crippen LogP contribution in [-0.2, 0) is 29.7 Å². The summed E-state index contributed by atoms with van der Waals surface area (Å²) in [4.78, 5) is 55.8. The molecule has 2 atom stereocenters. The Morgan fingerprint density at radius 2 is 1.13 bits per heavy atom. The number of anilines is 4. The van der Waals surface area contributed by atoms with E-state index in [1.807, 2.05) is 90.1 Å². The zero-order chi connectivity index (χ0) is 55.1. The first-order chi connectivity index (χ1) is 35.0. The van der Waals surface area contributed by atoms with Gasteiger partial charge in [-0.15, -0.1) is 0 Å². The Labute approximate surface area is 484 Å². The van der Waals surface area contributed by atoms with Crippen molar-refractivity contribution in [2.75, 3.05) is 10.6 Å². The van der Waals surface area contributed by atoms with Crippen LogP contribution in [0, 0.1) is 25.5 Å². The van der Waals surface area contributed by atoms with E-state index in [0.29, 0.717) is 45.7 Å². The maximum absolute atomic E-state index is 15.4. The van der Waals surface area contributed by atoms with Crippen LogP contribution < -0.4 is 67.8 Å². The standard InChI is InChI=1S/C24H27FN8O2.C16H18FN7.C7H9N2O2.2C2H6.K.H2O/c1-13(9-18(34)21-30-22(35-32-21)24(3,4)5)16-7-8-17(19(25)14(16)2)20-26-12-27-23(31-20)29-15-10-28-33(6)11-15;1-9-12(10(2)18)4-5-13(14(9)17)15-19-8-20-16(23-15)22-11-6-21-24(3)7-11;1-7(2,3)6-8-5(4-10)9-11-6;2*1-2;;/h7-8,10-13H,9H2,1-6H3,(H,26,27,29,31);4-8,10H,18H2,1-3H3,(H,19,20,22,23);1-3H3;2*1-2H3;;1H2/q;;-1;;;+1;/p-1/t13-;10-;;;;;/m01...../s1. The van der Waals surface area contributed by atoms with Gasteiger partial charge in [0.05, 0.1) is 40.7 Å². The van der Waals surface area contributed by atoms with Gasteiger partial charge in [0.25, 0.3) is 0 Å². The summed E-state index contributed by atoms with van der Waals surface area (Å²) in [6, 6.07) is 6.62. The molecule has 402 valence electrons. The molecule has 0 aliphatic rings. The summed E-state index contributed by atoms with van der Waals surface area (Å²) < 4.78 is 43.4. The molecular weight excluding hydrogens is 1010 g/mol. The van der Waals surface area contributed by atoms with Gasteiger partial charge in [-0.05, 0) is 61.1 Å². The number of hydrogen-bond acceptors (Lipinski definition) is 20. The summed E-state index contributed by atoms with van der Waals surface area (Å²) in [5.41, 5.74) is 9.70. The molecule has 0 unspecified atom stereocenters. The van der Waals surface area contributed by atoms with Crippen LogP contribution in [0.5, 0.6) is 0 Å². The van der Waals surface area contributed by atoms with Gasteiger partial charge in [-0.3, -0.25) is 14.2 Å². The summed E-state index contributed by atoms with van der Waals surface area (Å²) in [5.74, 6) is 0.582. The summed E-state index contributed by atoms with van der Waals surface area (Å²) in [7, 11) is 3.60. The van der Waals surface area contributed by atoms with Crippen LogP contribution >= 0.6 is 0 Å². The molecule has 76 heavy (non-hydrogen) atoms. The first-order valence-corrected chi connectivity index (χ1v) is 23.9. The molecule has 0 fully saturated rings. The van der Waals surface area contributed by atoms with Gasteiger partial charge < -0.3 is 35.7 Å². The monoisotopic (exact) mass is 1070 g/mol. The Morgan fingerprint density at radius 3 is 1.51 bits per heavy atom. The van der Waals surface area contributed by atoms with E-state index >= 15 is 4.39 Å². The maximum Gasteiger partial charge on any atom is 1.00 e. The minimum Gasteiger partial charge on any atom is -0.870 e. The van der Waals surface area contributed by atoms with Crippen molar-refractivity contribution < 1.29 is 84.3 Å². The van der Waals surface area contributed by atoms with Gasteiger partial charge in [0, 0.05) is 49.8 Å². The largest absolute Gasteiger partial charge is 1.00 e. The van der Waals surface area contributed by atoms with Crippen LogP contribution in [-0.4, -0.2) is 87.3 Å².